The molecule has 4 rings (SSSR count). The van der Waals surface area contributed by atoms with E-state index in [1.54, 1.807) is 19.2 Å². The van der Waals surface area contributed by atoms with Crippen LogP contribution in [0, 0.1) is 0 Å². The molecule has 1 saturated carbocycles. The van der Waals surface area contributed by atoms with Crippen molar-refractivity contribution in [2.75, 3.05) is 24.7 Å². The zero-order valence-electron chi connectivity index (χ0n) is 15.9. The maximum Gasteiger partial charge on any atom is 0.271 e. The molecule has 0 saturated heterocycles. The first-order chi connectivity index (χ1) is 13.5. The molecule has 9 nitrogen and oxygen atoms in total. The minimum absolute atomic E-state index is 0.0458. The van der Waals surface area contributed by atoms with E-state index in [0.717, 1.165) is 25.7 Å². The molecule has 28 heavy (non-hydrogen) atoms. The molecule has 0 atom stereocenters. The van der Waals surface area contributed by atoms with Crippen molar-refractivity contribution in [1.29, 1.82) is 0 Å². The molecule has 1 aromatic carbocycles. The first-order valence-corrected chi connectivity index (χ1v) is 9.30. The van der Waals surface area contributed by atoms with Gasteiger partial charge in [0.05, 0.1) is 6.33 Å². The standard InChI is InChI=1S/C19H23N5O4/c1-20-17-16(18(26)21-2)24(11-22-17)10-15(25)23-12-5-6-13-14(9-12)28-19(27-13)7-3-4-8-19/h5-6,9,11,20H,3-4,7-8,10H2,1-2H3,(H,21,26)(H,23,25). The summed E-state index contributed by atoms with van der Waals surface area (Å²) in [5.74, 6) is 0.630. The first kappa shape index (κ1) is 18.1. The Bertz CT molecular complexity index is 917. The van der Waals surface area contributed by atoms with Crippen LogP contribution in [0.2, 0.25) is 0 Å². The highest BCUT2D eigenvalue weighted by molar-refractivity contribution is 5.98. The number of ether oxygens (including phenoxy) is 2. The van der Waals surface area contributed by atoms with Crippen molar-refractivity contribution in [3.05, 3.63) is 30.2 Å². The normalized spacial score (nSPS) is 16.2. The minimum Gasteiger partial charge on any atom is -0.448 e. The van der Waals surface area contributed by atoms with Gasteiger partial charge in [-0.25, -0.2) is 4.98 Å². The van der Waals surface area contributed by atoms with E-state index >= 15 is 0 Å². The molecule has 2 aromatic rings. The predicted molar refractivity (Wildman–Crippen MR) is 103 cm³/mol. The highest BCUT2D eigenvalue weighted by Crippen LogP contribution is 2.47. The highest BCUT2D eigenvalue weighted by Gasteiger charge is 2.44. The molecule has 1 aliphatic carbocycles. The van der Waals surface area contributed by atoms with Gasteiger partial charge < -0.3 is 30.0 Å². The van der Waals surface area contributed by atoms with Gasteiger partial charge in [-0.15, -0.1) is 0 Å². The van der Waals surface area contributed by atoms with Crippen molar-refractivity contribution < 1.29 is 19.1 Å². The Morgan fingerprint density at radius 1 is 1.18 bits per heavy atom. The number of carbonyl (C=O) groups is 2. The van der Waals surface area contributed by atoms with Gasteiger partial charge in [0.1, 0.15) is 6.54 Å². The van der Waals surface area contributed by atoms with Crippen LogP contribution in [0.3, 0.4) is 0 Å². The zero-order chi connectivity index (χ0) is 19.7. The number of fused-ring (bicyclic) bond motifs is 1. The minimum atomic E-state index is -0.534. The van der Waals surface area contributed by atoms with E-state index < -0.39 is 5.79 Å². The number of rotatable bonds is 5. The largest absolute Gasteiger partial charge is 0.448 e. The second kappa shape index (κ2) is 7.06. The van der Waals surface area contributed by atoms with Crippen molar-refractivity contribution in [2.45, 2.75) is 38.0 Å². The van der Waals surface area contributed by atoms with Crippen LogP contribution in [0.15, 0.2) is 24.5 Å². The Labute approximate surface area is 162 Å². The van der Waals surface area contributed by atoms with Crippen molar-refractivity contribution in [3.8, 4) is 11.5 Å². The quantitative estimate of drug-likeness (QED) is 0.727. The van der Waals surface area contributed by atoms with Gasteiger partial charge in [-0.3, -0.25) is 9.59 Å². The van der Waals surface area contributed by atoms with Crippen molar-refractivity contribution in [2.24, 2.45) is 0 Å². The van der Waals surface area contributed by atoms with Crippen LogP contribution in [0.4, 0.5) is 11.5 Å². The molecule has 1 aromatic heterocycles. The number of aromatic nitrogens is 2. The summed E-state index contributed by atoms with van der Waals surface area (Å²) in [5, 5.41) is 8.24. The summed E-state index contributed by atoms with van der Waals surface area (Å²) >= 11 is 0. The molecule has 148 valence electrons. The summed E-state index contributed by atoms with van der Waals surface area (Å²) in [4.78, 5) is 28.7. The number of imidazole rings is 1. The number of carbonyl (C=O) groups excluding carboxylic acids is 2. The Morgan fingerprint density at radius 3 is 2.64 bits per heavy atom. The third-order valence-corrected chi connectivity index (χ3v) is 5.02. The van der Waals surface area contributed by atoms with E-state index in [-0.39, 0.29) is 18.4 Å². The summed E-state index contributed by atoms with van der Waals surface area (Å²) in [6.45, 7) is -0.0458. The topological polar surface area (TPSA) is 107 Å². The summed E-state index contributed by atoms with van der Waals surface area (Å²) in [5.41, 5.74) is 0.909. The number of amides is 2. The number of anilines is 2. The fourth-order valence-corrected chi connectivity index (χ4v) is 3.69. The van der Waals surface area contributed by atoms with E-state index in [9.17, 15) is 9.59 Å². The van der Waals surface area contributed by atoms with Crippen LogP contribution >= 0.6 is 0 Å². The van der Waals surface area contributed by atoms with Gasteiger partial charge in [0.25, 0.3) is 11.7 Å². The molecule has 3 N–H and O–H groups in total. The Kier molecular flexibility index (Phi) is 4.58. The highest BCUT2D eigenvalue weighted by atomic mass is 16.7. The zero-order valence-corrected chi connectivity index (χ0v) is 15.9. The number of nitrogens with one attached hydrogen (secondary N) is 3. The van der Waals surface area contributed by atoms with Gasteiger partial charge in [-0.2, -0.15) is 0 Å². The molecular weight excluding hydrogens is 362 g/mol. The van der Waals surface area contributed by atoms with Crippen LogP contribution in [-0.4, -0.2) is 41.2 Å². The van der Waals surface area contributed by atoms with Crippen LogP contribution < -0.4 is 25.4 Å². The van der Waals surface area contributed by atoms with Crippen LogP contribution in [0.25, 0.3) is 0 Å². The SMILES string of the molecule is CNC(=O)c1c(NC)ncn1CC(=O)Nc1ccc2c(c1)OC1(CCCC1)O2. The van der Waals surface area contributed by atoms with Gasteiger partial charge in [0, 0.05) is 38.7 Å². The van der Waals surface area contributed by atoms with Crippen molar-refractivity contribution >= 4 is 23.3 Å². The van der Waals surface area contributed by atoms with Gasteiger partial charge in [-0.05, 0) is 25.0 Å². The number of benzene rings is 1. The first-order valence-electron chi connectivity index (χ1n) is 9.30. The van der Waals surface area contributed by atoms with E-state index in [1.165, 1.54) is 17.9 Å². The van der Waals surface area contributed by atoms with E-state index in [0.29, 0.717) is 28.7 Å². The number of hydrogen-bond acceptors (Lipinski definition) is 6. The van der Waals surface area contributed by atoms with Gasteiger partial charge in [-0.1, -0.05) is 0 Å². The Hall–Kier alpha value is -3.23. The lowest BCUT2D eigenvalue weighted by atomic mass is 10.2. The molecular formula is C19H23N5O4. The Balaban J connectivity index is 1.46. The molecule has 2 aliphatic rings. The molecule has 2 heterocycles. The maximum absolute atomic E-state index is 12.5. The average molecular weight is 385 g/mol. The molecule has 1 spiro atoms. The van der Waals surface area contributed by atoms with Gasteiger partial charge in [0.15, 0.2) is 23.0 Å². The lowest BCUT2D eigenvalue weighted by Gasteiger charge is -2.21. The number of nitrogens with zero attached hydrogens (tertiary/aromatic N) is 2. The van der Waals surface area contributed by atoms with Gasteiger partial charge in [0.2, 0.25) is 5.91 Å². The molecule has 0 bridgehead atoms. The molecule has 1 fully saturated rings. The fraction of sp³-hybridized carbons (Fsp3) is 0.421. The molecule has 9 heteroatoms. The third-order valence-electron chi connectivity index (χ3n) is 5.02. The Morgan fingerprint density at radius 2 is 1.93 bits per heavy atom. The van der Waals surface area contributed by atoms with Crippen LogP contribution in [-0.2, 0) is 11.3 Å². The van der Waals surface area contributed by atoms with E-state index in [1.807, 2.05) is 6.07 Å². The second-order valence-electron chi connectivity index (χ2n) is 6.93. The monoisotopic (exact) mass is 385 g/mol. The summed E-state index contributed by atoms with van der Waals surface area (Å²) in [6.07, 6.45) is 5.38. The fourth-order valence-electron chi connectivity index (χ4n) is 3.69. The summed E-state index contributed by atoms with van der Waals surface area (Å²) in [6, 6.07) is 5.36. The van der Waals surface area contributed by atoms with Crippen LogP contribution in [0.1, 0.15) is 36.2 Å². The molecule has 2 amide bonds. The average Bonchev–Trinajstić information content (AvgIpc) is 3.39. The van der Waals surface area contributed by atoms with E-state index in [2.05, 4.69) is 20.9 Å². The third kappa shape index (κ3) is 3.23. The van der Waals surface area contributed by atoms with Crippen LogP contribution in [0.5, 0.6) is 11.5 Å². The van der Waals surface area contributed by atoms with Gasteiger partial charge >= 0.3 is 0 Å². The summed E-state index contributed by atoms with van der Waals surface area (Å²) in [7, 11) is 3.20. The molecule has 0 unspecified atom stereocenters. The maximum atomic E-state index is 12.5. The lowest BCUT2D eigenvalue weighted by Crippen LogP contribution is -2.34. The predicted octanol–water partition coefficient (Wildman–Crippen LogP) is 1.96. The van der Waals surface area contributed by atoms with Crippen molar-refractivity contribution in [3.63, 3.8) is 0 Å². The second-order valence-corrected chi connectivity index (χ2v) is 6.93. The van der Waals surface area contributed by atoms with Crippen molar-refractivity contribution in [1.82, 2.24) is 14.9 Å². The molecule has 0 radical (unpaired) electrons. The van der Waals surface area contributed by atoms with E-state index in [4.69, 9.17) is 9.47 Å². The lowest BCUT2D eigenvalue weighted by molar-refractivity contribution is -0.116. The molecule has 1 aliphatic heterocycles. The smallest absolute Gasteiger partial charge is 0.271 e. The summed E-state index contributed by atoms with van der Waals surface area (Å²) < 4.78 is 13.5. The number of hydrogen-bond donors (Lipinski definition) is 3.